The molecule has 1 aromatic rings. The number of hydrogen-bond donors (Lipinski definition) is 0. The summed E-state index contributed by atoms with van der Waals surface area (Å²) in [5.74, 6) is -0.190. The van der Waals surface area contributed by atoms with Crippen LogP contribution in [0.5, 0.6) is 0 Å². The van der Waals surface area contributed by atoms with Crippen LogP contribution in [-0.4, -0.2) is 12.6 Å². The minimum Gasteiger partial charge on any atom is -0.466 e. The number of hydrogen-bond acceptors (Lipinski definition) is 2. The van der Waals surface area contributed by atoms with Crippen LogP contribution in [0.3, 0.4) is 0 Å². The molecule has 1 unspecified atom stereocenters. The SMILES string of the molecule is CCOC(=O)CCC(Cl)c1ccc(C)c(Br)c1. The molecule has 0 aliphatic heterocycles. The maximum atomic E-state index is 11.2. The van der Waals surface area contributed by atoms with Crippen LogP contribution in [0.1, 0.15) is 36.3 Å². The summed E-state index contributed by atoms with van der Waals surface area (Å²) >= 11 is 9.72. The normalized spacial score (nSPS) is 12.2. The number of aryl methyl sites for hydroxylation is 1. The molecule has 0 aliphatic carbocycles. The number of esters is 1. The van der Waals surface area contributed by atoms with Crippen LogP contribution in [0.25, 0.3) is 0 Å². The standard InChI is InChI=1S/C13H16BrClO2/c1-3-17-13(16)7-6-12(15)10-5-4-9(2)11(14)8-10/h4-5,8,12H,3,6-7H2,1-2H3. The fourth-order valence-corrected chi connectivity index (χ4v) is 2.09. The molecule has 0 heterocycles. The minimum absolute atomic E-state index is 0.156. The van der Waals surface area contributed by atoms with Crippen molar-refractivity contribution in [1.29, 1.82) is 0 Å². The first-order chi connectivity index (χ1) is 8.04. The molecule has 0 aromatic heterocycles. The van der Waals surface area contributed by atoms with Crippen LogP contribution in [0.15, 0.2) is 22.7 Å². The summed E-state index contributed by atoms with van der Waals surface area (Å²) in [6, 6.07) is 6.00. The Morgan fingerprint density at radius 3 is 2.82 bits per heavy atom. The lowest BCUT2D eigenvalue weighted by atomic mass is 10.1. The largest absolute Gasteiger partial charge is 0.466 e. The van der Waals surface area contributed by atoms with Gasteiger partial charge in [0.05, 0.1) is 12.0 Å². The quantitative estimate of drug-likeness (QED) is 0.594. The number of carbonyl (C=O) groups excluding carboxylic acids is 1. The number of rotatable bonds is 5. The lowest BCUT2D eigenvalue weighted by molar-refractivity contribution is -0.143. The lowest BCUT2D eigenvalue weighted by Crippen LogP contribution is -2.05. The molecule has 0 bridgehead atoms. The van der Waals surface area contributed by atoms with Gasteiger partial charge < -0.3 is 4.74 Å². The average Bonchev–Trinajstić information content (AvgIpc) is 2.30. The van der Waals surface area contributed by atoms with E-state index >= 15 is 0 Å². The highest BCUT2D eigenvalue weighted by atomic mass is 79.9. The van der Waals surface area contributed by atoms with Crippen LogP contribution in [0, 0.1) is 6.92 Å². The third-order valence-electron chi connectivity index (χ3n) is 2.46. The zero-order chi connectivity index (χ0) is 12.8. The number of halogens is 2. The fraction of sp³-hybridized carbons (Fsp3) is 0.462. The van der Waals surface area contributed by atoms with Crippen molar-refractivity contribution in [2.45, 2.75) is 32.1 Å². The second-order valence-corrected chi connectivity index (χ2v) is 5.20. The number of ether oxygens (including phenoxy) is 1. The lowest BCUT2D eigenvalue weighted by Gasteiger charge is -2.10. The van der Waals surface area contributed by atoms with Crippen molar-refractivity contribution < 1.29 is 9.53 Å². The van der Waals surface area contributed by atoms with Gasteiger partial charge in [0.2, 0.25) is 0 Å². The van der Waals surface area contributed by atoms with Gasteiger partial charge in [-0.15, -0.1) is 11.6 Å². The van der Waals surface area contributed by atoms with Gasteiger partial charge in [-0.1, -0.05) is 28.1 Å². The Hall–Kier alpha value is -0.540. The molecule has 0 N–H and O–H groups in total. The molecule has 0 radical (unpaired) electrons. The Bertz CT molecular complexity index is 393. The predicted octanol–water partition coefficient (Wildman–Crippen LogP) is 4.38. The van der Waals surface area contributed by atoms with Crippen LogP contribution < -0.4 is 0 Å². The minimum atomic E-state index is -0.190. The topological polar surface area (TPSA) is 26.3 Å². The average molecular weight is 320 g/mol. The van der Waals surface area contributed by atoms with Gasteiger partial charge in [0, 0.05) is 10.9 Å². The summed E-state index contributed by atoms with van der Waals surface area (Å²) in [4.78, 5) is 11.2. The second-order valence-electron chi connectivity index (χ2n) is 3.82. The summed E-state index contributed by atoms with van der Waals surface area (Å²) in [7, 11) is 0. The van der Waals surface area contributed by atoms with Crippen LogP contribution in [0.2, 0.25) is 0 Å². The molecule has 0 fully saturated rings. The van der Waals surface area contributed by atoms with E-state index in [1.807, 2.05) is 25.1 Å². The summed E-state index contributed by atoms with van der Waals surface area (Å²) in [6.07, 6.45) is 0.948. The first-order valence-electron chi connectivity index (χ1n) is 5.60. The van der Waals surface area contributed by atoms with Crippen molar-refractivity contribution in [3.8, 4) is 0 Å². The molecule has 4 heteroatoms. The number of benzene rings is 1. The van der Waals surface area contributed by atoms with E-state index in [0.29, 0.717) is 19.4 Å². The summed E-state index contributed by atoms with van der Waals surface area (Å²) in [5, 5.41) is -0.156. The molecule has 1 atom stereocenters. The zero-order valence-corrected chi connectivity index (χ0v) is 12.3. The molecule has 1 aromatic carbocycles. The van der Waals surface area contributed by atoms with Crippen molar-refractivity contribution >= 4 is 33.5 Å². The number of alkyl halides is 1. The predicted molar refractivity (Wildman–Crippen MR) is 73.3 cm³/mol. The molecule has 0 spiro atoms. The van der Waals surface area contributed by atoms with Crippen molar-refractivity contribution in [2.24, 2.45) is 0 Å². The van der Waals surface area contributed by atoms with Gasteiger partial charge in [-0.25, -0.2) is 0 Å². The smallest absolute Gasteiger partial charge is 0.305 e. The highest BCUT2D eigenvalue weighted by molar-refractivity contribution is 9.10. The zero-order valence-electron chi connectivity index (χ0n) is 10.0. The van der Waals surface area contributed by atoms with Gasteiger partial charge in [-0.05, 0) is 37.5 Å². The summed E-state index contributed by atoms with van der Waals surface area (Å²) < 4.78 is 5.90. The molecular weight excluding hydrogens is 303 g/mol. The highest BCUT2D eigenvalue weighted by Crippen LogP contribution is 2.29. The maximum absolute atomic E-state index is 11.2. The van der Waals surface area contributed by atoms with Crippen LogP contribution in [-0.2, 0) is 9.53 Å². The van der Waals surface area contributed by atoms with E-state index in [2.05, 4.69) is 15.9 Å². The molecule has 0 amide bonds. The monoisotopic (exact) mass is 318 g/mol. The van der Waals surface area contributed by atoms with E-state index in [1.54, 1.807) is 6.92 Å². The number of carbonyl (C=O) groups is 1. The first-order valence-corrected chi connectivity index (χ1v) is 6.83. The molecule has 0 saturated carbocycles. The Kier molecular flexibility index (Phi) is 6.00. The van der Waals surface area contributed by atoms with Gasteiger partial charge in [0.25, 0.3) is 0 Å². The van der Waals surface area contributed by atoms with Gasteiger partial charge in [-0.2, -0.15) is 0 Å². The Balaban J connectivity index is 2.54. The van der Waals surface area contributed by atoms with Gasteiger partial charge in [-0.3, -0.25) is 4.79 Å². The van der Waals surface area contributed by atoms with Crippen molar-refractivity contribution in [3.63, 3.8) is 0 Å². The van der Waals surface area contributed by atoms with E-state index in [-0.39, 0.29) is 11.3 Å². The fourth-order valence-electron chi connectivity index (χ4n) is 1.45. The first kappa shape index (κ1) is 14.5. The maximum Gasteiger partial charge on any atom is 0.305 e. The Labute approximate surface area is 115 Å². The van der Waals surface area contributed by atoms with Crippen LogP contribution in [0.4, 0.5) is 0 Å². The van der Waals surface area contributed by atoms with Crippen molar-refractivity contribution in [1.82, 2.24) is 0 Å². The van der Waals surface area contributed by atoms with Crippen molar-refractivity contribution in [2.75, 3.05) is 6.61 Å². The molecule has 94 valence electrons. The van der Waals surface area contributed by atoms with E-state index in [4.69, 9.17) is 16.3 Å². The molecule has 17 heavy (non-hydrogen) atoms. The summed E-state index contributed by atoms with van der Waals surface area (Å²) in [6.45, 7) is 4.24. The third-order valence-corrected chi connectivity index (χ3v) is 3.79. The molecule has 0 saturated heterocycles. The van der Waals surface area contributed by atoms with E-state index in [0.717, 1.165) is 10.0 Å². The van der Waals surface area contributed by atoms with Crippen LogP contribution >= 0.6 is 27.5 Å². The van der Waals surface area contributed by atoms with E-state index in [1.165, 1.54) is 5.56 Å². The Morgan fingerprint density at radius 2 is 2.24 bits per heavy atom. The summed E-state index contributed by atoms with van der Waals surface area (Å²) in [5.41, 5.74) is 2.19. The Morgan fingerprint density at radius 1 is 1.53 bits per heavy atom. The van der Waals surface area contributed by atoms with Gasteiger partial charge in [0.15, 0.2) is 0 Å². The van der Waals surface area contributed by atoms with E-state index in [9.17, 15) is 4.79 Å². The van der Waals surface area contributed by atoms with Crippen molar-refractivity contribution in [3.05, 3.63) is 33.8 Å². The second kappa shape index (κ2) is 7.02. The molecule has 0 aliphatic rings. The highest BCUT2D eigenvalue weighted by Gasteiger charge is 2.12. The third kappa shape index (κ3) is 4.68. The molecule has 1 rings (SSSR count). The van der Waals surface area contributed by atoms with E-state index < -0.39 is 0 Å². The molecule has 2 nitrogen and oxygen atoms in total. The van der Waals surface area contributed by atoms with Gasteiger partial charge in [0.1, 0.15) is 0 Å². The molecular formula is C13H16BrClO2. The van der Waals surface area contributed by atoms with Gasteiger partial charge >= 0.3 is 5.97 Å².